The molecule has 5 aromatic rings. The van der Waals surface area contributed by atoms with Crippen molar-refractivity contribution in [1.82, 2.24) is 14.4 Å². The topological polar surface area (TPSA) is 31.6 Å². The highest BCUT2D eigenvalue weighted by Crippen LogP contribution is 2.41. The van der Waals surface area contributed by atoms with Crippen LogP contribution in [0.5, 0.6) is 0 Å². The molecule has 1 aliphatic rings. The summed E-state index contributed by atoms with van der Waals surface area (Å²) in [4.78, 5) is 4.90. The Kier molecular flexibility index (Phi) is 11.6. The van der Waals surface area contributed by atoms with Crippen molar-refractivity contribution in [3.8, 4) is 22.4 Å². The van der Waals surface area contributed by atoms with Crippen LogP contribution < -0.4 is 0 Å². The highest BCUT2D eigenvalue weighted by molar-refractivity contribution is 6.04. The zero-order valence-electron chi connectivity index (χ0n) is 24.7. The number of aryl methyl sites for hydroxylation is 1. The largest absolute Gasteiger partial charge is 0.390 e. The number of fused-ring (bicyclic) bond motifs is 1. The highest BCUT2D eigenvalue weighted by Gasteiger charge is 2.24. The zero-order chi connectivity index (χ0) is 28.0. The van der Waals surface area contributed by atoms with Gasteiger partial charge in [-0.25, -0.2) is 0 Å². The van der Waals surface area contributed by atoms with E-state index in [9.17, 15) is 5.11 Å². The van der Waals surface area contributed by atoms with Gasteiger partial charge in [0.25, 0.3) is 0 Å². The molecule has 4 aromatic carbocycles. The molecule has 0 saturated carbocycles. The lowest BCUT2D eigenvalue weighted by Crippen LogP contribution is -2.48. The average molecular weight is 615 g/mol. The van der Waals surface area contributed by atoms with E-state index in [-0.39, 0.29) is 24.8 Å². The minimum atomic E-state index is -0.470. The number of aliphatic hydroxyl groups excluding tert-OH is 1. The molecule has 1 N–H and O–H groups in total. The van der Waals surface area contributed by atoms with Crippen molar-refractivity contribution >= 4 is 41.8 Å². The van der Waals surface area contributed by atoms with Crippen molar-refractivity contribution in [1.29, 1.82) is 0 Å². The van der Waals surface area contributed by atoms with Crippen LogP contribution in [0, 0.1) is 6.92 Å². The van der Waals surface area contributed by atoms with E-state index in [1.54, 1.807) is 0 Å². The van der Waals surface area contributed by atoms with Crippen LogP contribution in [0.4, 0.5) is 0 Å². The normalized spacial score (nSPS) is 14.8. The minimum Gasteiger partial charge on any atom is -0.390 e. The first-order valence-electron chi connectivity index (χ1n) is 14.7. The van der Waals surface area contributed by atoms with Gasteiger partial charge in [0.05, 0.1) is 18.3 Å². The average Bonchev–Trinajstić information content (AvgIpc) is 3.32. The van der Waals surface area contributed by atoms with Gasteiger partial charge >= 0.3 is 0 Å². The Balaban J connectivity index is 0.00000212. The van der Waals surface area contributed by atoms with Crippen molar-refractivity contribution in [3.05, 3.63) is 126 Å². The molecule has 0 aliphatic carbocycles. The van der Waals surface area contributed by atoms with E-state index in [1.165, 1.54) is 44.4 Å². The fourth-order valence-corrected chi connectivity index (χ4v) is 6.07. The van der Waals surface area contributed by atoms with E-state index in [4.69, 9.17) is 0 Å². The molecule has 0 radical (unpaired) electrons. The Morgan fingerprint density at radius 2 is 1.28 bits per heavy atom. The summed E-state index contributed by atoms with van der Waals surface area (Å²) in [5.41, 5.74) is 8.43. The molecule has 43 heavy (non-hydrogen) atoms. The number of aromatic nitrogens is 1. The maximum absolute atomic E-state index is 11.5. The van der Waals surface area contributed by atoms with E-state index in [2.05, 4.69) is 143 Å². The van der Waals surface area contributed by atoms with Crippen LogP contribution in [-0.2, 0) is 6.54 Å². The predicted molar refractivity (Wildman–Crippen MR) is 186 cm³/mol. The summed E-state index contributed by atoms with van der Waals surface area (Å²) in [6, 6.07) is 38.5. The lowest BCUT2D eigenvalue weighted by Gasteiger charge is -2.35. The van der Waals surface area contributed by atoms with E-state index in [0.717, 1.165) is 32.7 Å². The fourth-order valence-electron chi connectivity index (χ4n) is 6.07. The van der Waals surface area contributed by atoms with Crippen LogP contribution in [0.2, 0.25) is 0 Å². The van der Waals surface area contributed by atoms with Crippen molar-refractivity contribution in [2.24, 2.45) is 0 Å². The first kappa shape index (κ1) is 32.5. The Hall–Kier alpha value is -3.38. The van der Waals surface area contributed by atoms with Crippen LogP contribution >= 0.6 is 24.8 Å². The number of benzene rings is 4. The third kappa shape index (κ3) is 7.77. The summed E-state index contributed by atoms with van der Waals surface area (Å²) in [5.74, 6) is 0. The highest BCUT2D eigenvalue weighted by atomic mass is 35.5. The number of nitrogens with zero attached hydrogens (tertiary/aromatic N) is 3. The van der Waals surface area contributed by atoms with Gasteiger partial charge in [-0.2, -0.15) is 0 Å². The number of halogens is 2. The van der Waals surface area contributed by atoms with Crippen molar-refractivity contribution in [3.63, 3.8) is 0 Å². The van der Waals surface area contributed by atoms with Gasteiger partial charge in [0, 0.05) is 55.7 Å². The van der Waals surface area contributed by atoms with Gasteiger partial charge < -0.3 is 9.67 Å². The van der Waals surface area contributed by atoms with Gasteiger partial charge in [0.1, 0.15) is 0 Å². The van der Waals surface area contributed by atoms with Gasteiger partial charge in [-0.3, -0.25) is 9.80 Å². The number of rotatable bonds is 9. The van der Waals surface area contributed by atoms with E-state index in [1.807, 2.05) is 0 Å². The molecular formula is C37H41Cl2N3O. The molecule has 0 spiro atoms. The maximum Gasteiger partial charge on any atom is 0.0845 e. The molecule has 2 heterocycles. The van der Waals surface area contributed by atoms with Crippen LogP contribution in [0.25, 0.3) is 39.4 Å². The molecule has 1 unspecified atom stereocenters. The standard InChI is InChI=1S/C37H39N3O.2ClH/c1-29-19-20-35-34(26-29)36(31-15-7-3-8-16-31)37(32-17-9-4-10-18-32)40(35)28-33(41)27-39-24-22-38(23-25-39)21-11-14-30-12-5-2-6-13-30;;/h2-20,26,33,41H,21-25,27-28H2,1H3;2*1H. The third-order valence-electron chi connectivity index (χ3n) is 8.13. The summed E-state index contributed by atoms with van der Waals surface area (Å²) in [7, 11) is 0. The lowest BCUT2D eigenvalue weighted by atomic mass is 9.98. The minimum absolute atomic E-state index is 0. The van der Waals surface area contributed by atoms with Gasteiger partial charge in [-0.05, 0) is 35.7 Å². The molecule has 224 valence electrons. The number of aliphatic hydroxyl groups is 1. The molecule has 4 nitrogen and oxygen atoms in total. The third-order valence-corrected chi connectivity index (χ3v) is 8.13. The smallest absolute Gasteiger partial charge is 0.0845 e. The molecule has 6 heteroatoms. The zero-order valence-corrected chi connectivity index (χ0v) is 26.3. The molecular weight excluding hydrogens is 573 g/mol. The Morgan fingerprint density at radius 3 is 1.93 bits per heavy atom. The van der Waals surface area contributed by atoms with Crippen LogP contribution in [-0.4, -0.2) is 64.8 Å². The van der Waals surface area contributed by atoms with Gasteiger partial charge in [0.15, 0.2) is 0 Å². The number of hydrogen-bond acceptors (Lipinski definition) is 3. The molecule has 6 rings (SSSR count). The Bertz CT molecular complexity index is 1600. The van der Waals surface area contributed by atoms with Gasteiger partial charge in [-0.1, -0.05) is 115 Å². The van der Waals surface area contributed by atoms with E-state index < -0.39 is 6.10 Å². The summed E-state index contributed by atoms with van der Waals surface area (Å²) >= 11 is 0. The molecule has 1 aliphatic heterocycles. The molecule has 1 aromatic heterocycles. The molecule has 1 saturated heterocycles. The van der Waals surface area contributed by atoms with Crippen LogP contribution in [0.3, 0.4) is 0 Å². The van der Waals surface area contributed by atoms with Crippen molar-refractivity contribution in [2.45, 2.75) is 19.6 Å². The number of hydrogen-bond donors (Lipinski definition) is 1. The number of β-amino-alcohol motifs (C(OH)–C–C–N with tert-alkyl or cyclic N) is 1. The maximum atomic E-state index is 11.5. The second-order valence-corrected chi connectivity index (χ2v) is 11.2. The van der Waals surface area contributed by atoms with Crippen LogP contribution in [0.15, 0.2) is 115 Å². The molecule has 1 atom stereocenters. The fraction of sp³-hybridized carbons (Fsp3) is 0.243. The van der Waals surface area contributed by atoms with E-state index >= 15 is 0 Å². The van der Waals surface area contributed by atoms with Crippen LogP contribution in [0.1, 0.15) is 11.1 Å². The second kappa shape index (κ2) is 15.4. The summed E-state index contributed by atoms with van der Waals surface area (Å²) in [6.07, 6.45) is 3.99. The first-order valence-corrected chi connectivity index (χ1v) is 14.7. The van der Waals surface area contributed by atoms with Crippen molar-refractivity contribution < 1.29 is 5.11 Å². The molecule has 0 bridgehead atoms. The molecule has 1 fully saturated rings. The summed E-state index contributed by atoms with van der Waals surface area (Å²) in [6.45, 7) is 8.33. The second-order valence-electron chi connectivity index (χ2n) is 11.2. The Labute approximate surface area is 268 Å². The number of piperazine rings is 1. The first-order chi connectivity index (χ1) is 20.2. The predicted octanol–water partition coefficient (Wildman–Crippen LogP) is 7.82. The van der Waals surface area contributed by atoms with Gasteiger partial charge in [0.2, 0.25) is 0 Å². The summed E-state index contributed by atoms with van der Waals surface area (Å²) < 4.78 is 2.35. The van der Waals surface area contributed by atoms with Gasteiger partial charge in [-0.15, -0.1) is 24.8 Å². The summed E-state index contributed by atoms with van der Waals surface area (Å²) in [5, 5.41) is 12.7. The lowest BCUT2D eigenvalue weighted by molar-refractivity contribution is 0.0684. The quantitative estimate of drug-likeness (QED) is 0.184. The SMILES string of the molecule is Cc1ccc2c(c1)c(-c1ccccc1)c(-c1ccccc1)n2CC(O)CN1CCN(CC=Cc2ccccc2)CC1.Cl.Cl. The Morgan fingerprint density at radius 1 is 0.698 bits per heavy atom. The molecule has 0 amide bonds. The van der Waals surface area contributed by atoms with E-state index in [0.29, 0.717) is 13.1 Å². The van der Waals surface area contributed by atoms with Crippen molar-refractivity contribution in [2.75, 3.05) is 39.3 Å². The monoisotopic (exact) mass is 613 g/mol.